The lowest BCUT2D eigenvalue weighted by molar-refractivity contribution is 0.670. The predicted octanol–water partition coefficient (Wildman–Crippen LogP) is 14.4. The first-order valence-corrected chi connectivity index (χ1v) is 20.2. The summed E-state index contributed by atoms with van der Waals surface area (Å²) in [6.45, 7) is 0. The average molecular weight is 767 g/mol. The minimum absolute atomic E-state index is 0.578. The number of fused-ring (bicyclic) bond motifs is 7. The van der Waals surface area contributed by atoms with E-state index in [0.717, 1.165) is 77.6 Å². The van der Waals surface area contributed by atoms with Gasteiger partial charge in [0.15, 0.2) is 17.5 Å². The number of hydrogen-bond donors (Lipinski definition) is 0. The summed E-state index contributed by atoms with van der Waals surface area (Å²) in [5.74, 6) is 1.79. The largest absolute Gasteiger partial charge is 0.455 e. The highest BCUT2D eigenvalue weighted by Gasteiger charge is 2.23. The van der Waals surface area contributed by atoms with E-state index >= 15 is 0 Å². The normalized spacial score (nSPS) is 11.7. The second-order valence-electron chi connectivity index (χ2n) is 15.2. The molecule has 5 nitrogen and oxygen atoms in total. The Morgan fingerprint density at radius 2 is 0.883 bits per heavy atom. The van der Waals surface area contributed by atoms with Crippen LogP contribution in [0.5, 0.6) is 0 Å². The molecule has 12 rings (SSSR count). The van der Waals surface area contributed by atoms with Crippen molar-refractivity contribution in [1.29, 1.82) is 0 Å². The molecule has 0 amide bonds. The van der Waals surface area contributed by atoms with Gasteiger partial charge in [-0.1, -0.05) is 158 Å². The third-order valence-electron chi connectivity index (χ3n) is 11.6. The van der Waals surface area contributed by atoms with Gasteiger partial charge in [0.25, 0.3) is 0 Å². The highest BCUT2D eigenvalue weighted by atomic mass is 16.3. The van der Waals surface area contributed by atoms with Gasteiger partial charge < -0.3 is 8.98 Å². The van der Waals surface area contributed by atoms with Gasteiger partial charge in [-0.25, -0.2) is 15.0 Å². The van der Waals surface area contributed by atoms with Crippen molar-refractivity contribution in [2.24, 2.45) is 0 Å². The molecule has 9 aromatic carbocycles. The van der Waals surface area contributed by atoms with Gasteiger partial charge in [0.1, 0.15) is 11.2 Å². The Balaban J connectivity index is 1.19. The van der Waals surface area contributed by atoms with E-state index < -0.39 is 0 Å². The topological polar surface area (TPSA) is 56.7 Å². The van der Waals surface area contributed by atoms with Gasteiger partial charge in [-0.15, -0.1) is 0 Å². The molecule has 0 unspecified atom stereocenters. The van der Waals surface area contributed by atoms with E-state index in [0.29, 0.717) is 17.5 Å². The zero-order chi connectivity index (χ0) is 39.6. The van der Waals surface area contributed by atoms with Gasteiger partial charge in [-0.2, -0.15) is 0 Å². The number of hydrogen-bond acceptors (Lipinski definition) is 4. The molecular formula is C55H34N4O. The number of para-hydroxylation sites is 3. The maximum absolute atomic E-state index is 6.90. The van der Waals surface area contributed by atoms with Crippen LogP contribution in [0, 0.1) is 0 Å². The van der Waals surface area contributed by atoms with Crippen molar-refractivity contribution in [3.8, 4) is 62.1 Å². The van der Waals surface area contributed by atoms with E-state index in [2.05, 4.69) is 144 Å². The van der Waals surface area contributed by atoms with Crippen LogP contribution in [0.25, 0.3) is 117 Å². The summed E-state index contributed by atoms with van der Waals surface area (Å²) in [6.07, 6.45) is 0. The SMILES string of the molecule is c1ccc(-c2nc(-c3ccccc3)nc(-c3ccc(-c4ccc5ccccc5c4)cc3-c3cc(-n4c5ccccc5c5ccccc54)cc4c3oc3ccccc34)n2)cc1. The van der Waals surface area contributed by atoms with Gasteiger partial charge in [0.2, 0.25) is 0 Å². The molecule has 0 N–H and O–H groups in total. The molecule has 0 bridgehead atoms. The first-order chi connectivity index (χ1) is 29.7. The van der Waals surface area contributed by atoms with E-state index in [1.807, 2.05) is 66.7 Å². The second-order valence-corrected chi connectivity index (χ2v) is 15.2. The molecule has 0 aliphatic heterocycles. The van der Waals surface area contributed by atoms with Crippen molar-refractivity contribution in [3.05, 3.63) is 206 Å². The van der Waals surface area contributed by atoms with Crippen LogP contribution in [0.3, 0.4) is 0 Å². The minimum atomic E-state index is 0.578. The molecule has 0 aliphatic rings. The summed E-state index contributed by atoms with van der Waals surface area (Å²) in [5.41, 5.74) is 11.7. The molecule has 280 valence electrons. The van der Waals surface area contributed by atoms with Crippen LogP contribution >= 0.6 is 0 Å². The first-order valence-electron chi connectivity index (χ1n) is 20.2. The molecule has 60 heavy (non-hydrogen) atoms. The van der Waals surface area contributed by atoms with Crippen molar-refractivity contribution < 1.29 is 4.42 Å². The Morgan fingerprint density at radius 3 is 1.58 bits per heavy atom. The van der Waals surface area contributed by atoms with E-state index in [-0.39, 0.29) is 0 Å². The maximum atomic E-state index is 6.90. The van der Waals surface area contributed by atoms with Crippen LogP contribution in [0.4, 0.5) is 0 Å². The number of benzene rings is 9. The number of furan rings is 1. The van der Waals surface area contributed by atoms with Crippen molar-refractivity contribution in [2.45, 2.75) is 0 Å². The third kappa shape index (κ3) is 5.59. The van der Waals surface area contributed by atoms with Crippen molar-refractivity contribution >= 4 is 54.5 Å². The molecule has 0 spiro atoms. The Morgan fingerprint density at radius 1 is 0.333 bits per heavy atom. The minimum Gasteiger partial charge on any atom is -0.455 e. The lowest BCUT2D eigenvalue weighted by Gasteiger charge is -2.16. The van der Waals surface area contributed by atoms with E-state index in [1.165, 1.54) is 21.5 Å². The van der Waals surface area contributed by atoms with Crippen LogP contribution in [-0.4, -0.2) is 19.5 Å². The lowest BCUT2D eigenvalue weighted by Crippen LogP contribution is -2.01. The highest BCUT2D eigenvalue weighted by Crippen LogP contribution is 2.44. The molecule has 0 fully saturated rings. The van der Waals surface area contributed by atoms with Crippen LogP contribution in [-0.2, 0) is 0 Å². The molecule has 3 heterocycles. The first kappa shape index (κ1) is 33.9. The van der Waals surface area contributed by atoms with Gasteiger partial charge in [-0.05, 0) is 76.0 Å². The fourth-order valence-corrected chi connectivity index (χ4v) is 8.78. The molecule has 0 radical (unpaired) electrons. The van der Waals surface area contributed by atoms with Crippen LogP contribution < -0.4 is 0 Å². The standard InChI is InChI=1S/C55H34N4O/c1-3-16-36(17-4-1)53-56-54(37-18-5-2-6-19-37)58-55(57-53)45-30-29-40(39-28-27-35-15-7-8-20-38(35)31-39)32-46(45)48-34-41(33-47-44-23-11-14-26-51(44)60-52(47)48)59-49-24-12-9-21-42(49)43-22-10-13-25-50(43)59/h1-34H. The molecule has 12 aromatic rings. The van der Waals surface area contributed by atoms with Gasteiger partial charge in [0.05, 0.1) is 11.0 Å². The smallest absolute Gasteiger partial charge is 0.164 e. The molecule has 0 saturated heterocycles. The summed E-state index contributed by atoms with van der Waals surface area (Å²) in [6, 6.07) is 72.2. The molecule has 0 atom stereocenters. The average Bonchev–Trinajstić information content (AvgIpc) is 3.87. The number of rotatable bonds is 6. The fraction of sp³-hybridized carbons (Fsp3) is 0. The Hall–Kier alpha value is -8.15. The third-order valence-corrected chi connectivity index (χ3v) is 11.6. The lowest BCUT2D eigenvalue weighted by atomic mass is 9.92. The van der Waals surface area contributed by atoms with Crippen LogP contribution in [0.1, 0.15) is 0 Å². The van der Waals surface area contributed by atoms with E-state index in [4.69, 9.17) is 19.4 Å². The second kappa shape index (κ2) is 13.8. The summed E-state index contributed by atoms with van der Waals surface area (Å²) in [7, 11) is 0. The van der Waals surface area contributed by atoms with Gasteiger partial charge >= 0.3 is 0 Å². The van der Waals surface area contributed by atoms with Crippen LogP contribution in [0.2, 0.25) is 0 Å². The monoisotopic (exact) mass is 766 g/mol. The van der Waals surface area contributed by atoms with Gasteiger partial charge in [0, 0.05) is 49.5 Å². The molecule has 5 heteroatoms. The number of aromatic nitrogens is 4. The zero-order valence-electron chi connectivity index (χ0n) is 32.3. The van der Waals surface area contributed by atoms with Crippen molar-refractivity contribution in [3.63, 3.8) is 0 Å². The maximum Gasteiger partial charge on any atom is 0.164 e. The Bertz CT molecular complexity index is 3490. The Kier molecular flexibility index (Phi) is 7.78. The molecule has 0 saturated carbocycles. The Labute approximate surface area is 345 Å². The van der Waals surface area contributed by atoms with Crippen molar-refractivity contribution in [2.75, 3.05) is 0 Å². The van der Waals surface area contributed by atoms with Gasteiger partial charge in [-0.3, -0.25) is 0 Å². The summed E-state index contributed by atoms with van der Waals surface area (Å²) >= 11 is 0. The van der Waals surface area contributed by atoms with Crippen LogP contribution in [0.15, 0.2) is 211 Å². The van der Waals surface area contributed by atoms with Crippen molar-refractivity contribution in [1.82, 2.24) is 19.5 Å². The zero-order valence-corrected chi connectivity index (χ0v) is 32.3. The summed E-state index contributed by atoms with van der Waals surface area (Å²) < 4.78 is 9.28. The highest BCUT2D eigenvalue weighted by molar-refractivity contribution is 6.14. The number of nitrogens with zero attached hydrogens (tertiary/aromatic N) is 4. The molecule has 0 aliphatic carbocycles. The molecule has 3 aromatic heterocycles. The molecular weight excluding hydrogens is 733 g/mol. The fourth-order valence-electron chi connectivity index (χ4n) is 8.78. The predicted molar refractivity (Wildman–Crippen MR) is 246 cm³/mol. The summed E-state index contributed by atoms with van der Waals surface area (Å²) in [4.78, 5) is 15.5. The van der Waals surface area contributed by atoms with E-state index in [1.54, 1.807) is 0 Å². The quantitative estimate of drug-likeness (QED) is 0.169. The summed E-state index contributed by atoms with van der Waals surface area (Å²) in [5, 5.41) is 6.89. The van der Waals surface area contributed by atoms with E-state index in [9.17, 15) is 0 Å².